The first-order valence-corrected chi connectivity index (χ1v) is 8.35. The number of methoxy groups -OCH3 is 1. The monoisotopic (exact) mass is 376 g/mol. The van der Waals surface area contributed by atoms with Crippen LogP contribution in [-0.2, 0) is 6.67 Å². The molecule has 26 heavy (non-hydrogen) atoms. The van der Waals surface area contributed by atoms with Gasteiger partial charge in [0.25, 0.3) is 5.91 Å². The average Bonchev–Trinajstić information content (AvgIpc) is 3.08. The average molecular weight is 376 g/mol. The van der Waals surface area contributed by atoms with E-state index in [4.69, 9.17) is 4.74 Å². The second-order valence-corrected chi connectivity index (χ2v) is 6.32. The molecule has 134 valence electrons. The smallest absolute Gasteiger partial charge is 0.259 e. The molecule has 0 fully saturated rings. The van der Waals surface area contributed by atoms with Gasteiger partial charge < -0.3 is 4.74 Å². The highest BCUT2D eigenvalue weighted by molar-refractivity contribution is 7.15. The van der Waals surface area contributed by atoms with Gasteiger partial charge in [-0.1, -0.05) is 17.4 Å². The molecule has 0 aliphatic rings. The zero-order chi connectivity index (χ0) is 18.7. The van der Waals surface area contributed by atoms with Crippen LogP contribution in [0.5, 0.6) is 5.75 Å². The van der Waals surface area contributed by atoms with Gasteiger partial charge in [0.2, 0.25) is 5.13 Å². The Kier molecular flexibility index (Phi) is 5.17. The number of ether oxygens (including phenoxy) is 1. The number of carbonyl (C=O) groups excluding carboxylic acids is 1. The predicted octanol–water partition coefficient (Wildman–Crippen LogP) is 3.78. The number of rotatable bonds is 5. The van der Waals surface area contributed by atoms with Gasteiger partial charge in [-0.3, -0.25) is 15.1 Å². The van der Waals surface area contributed by atoms with Crippen molar-refractivity contribution in [2.45, 2.75) is 13.6 Å². The molecule has 6 nitrogen and oxygen atoms in total. The summed E-state index contributed by atoms with van der Waals surface area (Å²) in [5, 5.41) is 10.1. The standard InChI is InChI=1S/C17H14F2N4O2S/c1-9-6-7-10(16(24)21-17-23-22-13(8-18)26-17)15(20-9)14-11(19)4-3-5-12(14)25-2/h3-7H,8H2,1-2H3,(H,21,23,24). The van der Waals surface area contributed by atoms with Crippen LogP contribution in [0.25, 0.3) is 11.3 Å². The fourth-order valence-corrected chi connectivity index (χ4v) is 2.94. The lowest BCUT2D eigenvalue weighted by atomic mass is 10.0. The normalized spacial score (nSPS) is 10.6. The number of carbonyl (C=O) groups is 1. The molecule has 9 heteroatoms. The Morgan fingerprint density at radius 3 is 2.77 bits per heavy atom. The molecule has 0 saturated carbocycles. The van der Waals surface area contributed by atoms with Crippen molar-refractivity contribution in [2.75, 3.05) is 12.4 Å². The number of hydrogen-bond acceptors (Lipinski definition) is 6. The molecule has 3 rings (SSSR count). The number of aromatic nitrogens is 3. The van der Waals surface area contributed by atoms with Crippen molar-refractivity contribution in [3.8, 4) is 17.0 Å². The lowest BCUT2D eigenvalue weighted by Crippen LogP contribution is -2.14. The highest BCUT2D eigenvalue weighted by Crippen LogP contribution is 2.34. The van der Waals surface area contributed by atoms with E-state index in [1.807, 2.05) is 0 Å². The van der Waals surface area contributed by atoms with E-state index in [1.54, 1.807) is 19.1 Å². The van der Waals surface area contributed by atoms with Crippen molar-refractivity contribution in [1.82, 2.24) is 15.2 Å². The number of pyridine rings is 1. The van der Waals surface area contributed by atoms with Gasteiger partial charge in [0.05, 0.1) is 23.9 Å². The van der Waals surface area contributed by atoms with Crippen LogP contribution in [0.15, 0.2) is 30.3 Å². The minimum absolute atomic E-state index is 0.0885. The summed E-state index contributed by atoms with van der Waals surface area (Å²) in [6.45, 7) is 0.966. The van der Waals surface area contributed by atoms with E-state index in [0.29, 0.717) is 5.69 Å². The van der Waals surface area contributed by atoms with E-state index < -0.39 is 18.4 Å². The second kappa shape index (κ2) is 7.52. The number of alkyl halides is 1. The van der Waals surface area contributed by atoms with Crippen LogP contribution >= 0.6 is 11.3 Å². The van der Waals surface area contributed by atoms with E-state index in [1.165, 1.54) is 25.3 Å². The second-order valence-electron chi connectivity index (χ2n) is 5.25. The third-order valence-corrected chi connectivity index (χ3v) is 4.32. The van der Waals surface area contributed by atoms with Gasteiger partial charge in [-0.25, -0.2) is 8.78 Å². The van der Waals surface area contributed by atoms with Crippen molar-refractivity contribution in [1.29, 1.82) is 0 Å². The molecule has 0 atom stereocenters. The van der Waals surface area contributed by atoms with Crippen molar-refractivity contribution in [3.63, 3.8) is 0 Å². The fraction of sp³-hybridized carbons (Fsp3) is 0.176. The first-order valence-electron chi connectivity index (χ1n) is 7.53. The maximum atomic E-state index is 14.5. The van der Waals surface area contributed by atoms with E-state index in [-0.39, 0.29) is 32.7 Å². The molecular weight excluding hydrogens is 362 g/mol. The van der Waals surface area contributed by atoms with Crippen LogP contribution in [0, 0.1) is 12.7 Å². The zero-order valence-electron chi connectivity index (χ0n) is 13.9. The van der Waals surface area contributed by atoms with Crippen LogP contribution in [0.2, 0.25) is 0 Å². The van der Waals surface area contributed by atoms with Crippen molar-refractivity contribution in [3.05, 3.63) is 52.4 Å². The zero-order valence-corrected chi connectivity index (χ0v) is 14.7. The molecule has 2 heterocycles. The van der Waals surface area contributed by atoms with Crippen LogP contribution in [0.4, 0.5) is 13.9 Å². The lowest BCUT2D eigenvalue weighted by molar-refractivity contribution is 0.102. The van der Waals surface area contributed by atoms with Gasteiger partial charge in [-0.2, -0.15) is 0 Å². The quantitative estimate of drug-likeness (QED) is 0.733. The Balaban J connectivity index is 2.05. The molecule has 1 aromatic carbocycles. The van der Waals surface area contributed by atoms with E-state index >= 15 is 0 Å². The van der Waals surface area contributed by atoms with Crippen molar-refractivity contribution < 1.29 is 18.3 Å². The molecule has 0 bridgehead atoms. The summed E-state index contributed by atoms with van der Waals surface area (Å²) in [6.07, 6.45) is 0. The van der Waals surface area contributed by atoms with Gasteiger partial charge in [0.15, 0.2) is 0 Å². The predicted molar refractivity (Wildman–Crippen MR) is 93.6 cm³/mol. The maximum absolute atomic E-state index is 14.5. The fourth-order valence-electron chi connectivity index (χ4n) is 2.36. The van der Waals surface area contributed by atoms with Crippen molar-refractivity contribution in [2.24, 2.45) is 0 Å². The summed E-state index contributed by atoms with van der Waals surface area (Å²) in [5.41, 5.74) is 0.978. The molecular formula is C17H14F2N4O2S. The van der Waals surface area contributed by atoms with E-state index in [2.05, 4.69) is 20.5 Å². The Bertz CT molecular complexity index is 962. The third-order valence-electron chi connectivity index (χ3n) is 3.51. The van der Waals surface area contributed by atoms with Crippen LogP contribution in [0.1, 0.15) is 21.1 Å². The molecule has 1 amide bonds. The molecule has 0 saturated heterocycles. The number of benzene rings is 1. The Morgan fingerprint density at radius 1 is 1.27 bits per heavy atom. The SMILES string of the molecule is COc1cccc(F)c1-c1nc(C)ccc1C(=O)Nc1nnc(CF)s1. The topological polar surface area (TPSA) is 77.0 Å². The summed E-state index contributed by atoms with van der Waals surface area (Å²) >= 11 is 0.923. The van der Waals surface area contributed by atoms with Gasteiger partial charge in [0.1, 0.15) is 23.2 Å². The number of hydrogen-bond donors (Lipinski definition) is 1. The summed E-state index contributed by atoms with van der Waals surface area (Å²) in [6, 6.07) is 7.53. The summed E-state index contributed by atoms with van der Waals surface area (Å²) in [7, 11) is 1.41. The van der Waals surface area contributed by atoms with Gasteiger partial charge in [-0.05, 0) is 31.2 Å². The van der Waals surface area contributed by atoms with E-state index in [9.17, 15) is 13.6 Å². The number of halogens is 2. The third kappa shape index (κ3) is 3.52. The largest absolute Gasteiger partial charge is 0.496 e. The first-order chi connectivity index (χ1) is 12.5. The highest BCUT2D eigenvalue weighted by Gasteiger charge is 2.22. The minimum atomic E-state index is -0.767. The summed E-state index contributed by atoms with van der Waals surface area (Å²) in [4.78, 5) is 17.0. The maximum Gasteiger partial charge on any atom is 0.259 e. The number of amides is 1. The van der Waals surface area contributed by atoms with Crippen LogP contribution in [0.3, 0.4) is 0 Å². The molecule has 0 aliphatic heterocycles. The molecule has 3 aromatic rings. The van der Waals surface area contributed by atoms with Crippen LogP contribution in [-0.4, -0.2) is 28.2 Å². The van der Waals surface area contributed by atoms with Gasteiger partial charge in [-0.15, -0.1) is 10.2 Å². The number of aryl methyl sites for hydroxylation is 1. The summed E-state index contributed by atoms with van der Waals surface area (Å²) < 4.78 is 32.3. The number of nitrogens with one attached hydrogen (secondary N) is 1. The summed E-state index contributed by atoms with van der Waals surface area (Å²) in [5.74, 6) is -0.862. The molecule has 0 aliphatic carbocycles. The Hall–Kier alpha value is -2.94. The molecule has 0 radical (unpaired) electrons. The van der Waals surface area contributed by atoms with Gasteiger partial charge in [0, 0.05) is 5.69 Å². The number of anilines is 1. The highest BCUT2D eigenvalue weighted by atomic mass is 32.1. The minimum Gasteiger partial charge on any atom is -0.496 e. The van der Waals surface area contributed by atoms with Crippen molar-refractivity contribution >= 4 is 22.4 Å². The van der Waals surface area contributed by atoms with Crippen LogP contribution < -0.4 is 10.1 Å². The number of nitrogens with zero attached hydrogens (tertiary/aromatic N) is 3. The molecule has 1 N–H and O–H groups in total. The van der Waals surface area contributed by atoms with E-state index in [0.717, 1.165) is 11.3 Å². The molecule has 0 spiro atoms. The first kappa shape index (κ1) is 17.9. The molecule has 2 aromatic heterocycles. The van der Waals surface area contributed by atoms with Gasteiger partial charge >= 0.3 is 0 Å². The lowest BCUT2D eigenvalue weighted by Gasteiger charge is -2.13. The Morgan fingerprint density at radius 2 is 2.08 bits per heavy atom. The molecule has 0 unspecified atom stereocenters. The Labute approximate surface area is 151 Å².